The van der Waals surface area contributed by atoms with Gasteiger partial charge in [0.25, 0.3) is 5.91 Å². The number of carbonyl (C=O) groups is 2. The summed E-state index contributed by atoms with van der Waals surface area (Å²) in [5, 5.41) is 4.14. The maximum atomic E-state index is 13.2. The number of nitrogens with two attached hydrogens (primary N) is 2. The third-order valence-electron chi connectivity index (χ3n) is 7.65. The third kappa shape index (κ3) is 10.2. The summed E-state index contributed by atoms with van der Waals surface area (Å²) in [6.45, 7) is 8.85. The molecule has 1 unspecified atom stereocenters. The molecule has 4 rings (SSSR count). The minimum Gasteiger partial charge on any atom is -0.488 e. The average molecular weight is 811 g/mol. The number of rotatable bonds is 17. The lowest BCUT2D eigenvalue weighted by Gasteiger charge is -2.28. The number of halogens is 1. The van der Waals surface area contributed by atoms with Gasteiger partial charge in [0.2, 0.25) is 0 Å². The van der Waals surface area contributed by atoms with E-state index in [1.54, 1.807) is 38.1 Å². The SMILES string of the molecule is CCNC(=O)/C(N)=C(\c1ccc(C(OSI)C(=O)OCC)cc1)N(N)c1cc(C(C)C)c(OCc2ccccc2)cc1OCc1ccccc1. The summed E-state index contributed by atoms with van der Waals surface area (Å²) < 4.78 is 23.6. The Kier molecular flexibility index (Phi) is 14.8. The van der Waals surface area contributed by atoms with E-state index in [-0.39, 0.29) is 30.5 Å². The van der Waals surface area contributed by atoms with E-state index in [1.165, 1.54) is 5.01 Å². The number of benzene rings is 4. The molecule has 0 fully saturated rings. The van der Waals surface area contributed by atoms with E-state index in [1.807, 2.05) is 94.0 Å². The Morgan fingerprint density at radius 1 is 0.860 bits per heavy atom. The molecule has 0 saturated carbocycles. The Labute approximate surface area is 310 Å². The number of carbonyl (C=O) groups excluding carboxylic acids is 2. The first-order valence-electron chi connectivity index (χ1n) is 16.2. The lowest BCUT2D eigenvalue weighted by molar-refractivity contribution is -0.151. The van der Waals surface area contributed by atoms with Gasteiger partial charge in [0, 0.05) is 39.4 Å². The summed E-state index contributed by atoms with van der Waals surface area (Å²) in [7, 11) is 1.03. The van der Waals surface area contributed by atoms with Crippen molar-refractivity contribution in [3.8, 4) is 11.5 Å². The molecule has 1 amide bonds. The molecule has 0 aliphatic carbocycles. The molecule has 0 radical (unpaired) electrons. The molecule has 264 valence electrons. The number of nitrogens with one attached hydrogen (secondary N) is 1. The fraction of sp³-hybridized carbons (Fsp3) is 0.263. The van der Waals surface area contributed by atoms with E-state index in [4.69, 9.17) is 30.0 Å². The van der Waals surface area contributed by atoms with E-state index in [0.29, 0.717) is 41.5 Å². The third-order valence-corrected chi connectivity index (χ3v) is 8.53. The predicted molar refractivity (Wildman–Crippen MR) is 207 cm³/mol. The molecule has 4 aromatic carbocycles. The highest BCUT2D eigenvalue weighted by Gasteiger charge is 2.27. The smallest absolute Gasteiger partial charge is 0.341 e. The van der Waals surface area contributed by atoms with Crippen molar-refractivity contribution >= 4 is 53.7 Å². The van der Waals surface area contributed by atoms with Gasteiger partial charge in [0.1, 0.15) is 36.1 Å². The van der Waals surface area contributed by atoms with Gasteiger partial charge in [-0.25, -0.2) is 10.6 Å². The van der Waals surface area contributed by atoms with Crippen molar-refractivity contribution in [3.63, 3.8) is 0 Å². The van der Waals surface area contributed by atoms with Crippen LogP contribution in [0.3, 0.4) is 0 Å². The van der Waals surface area contributed by atoms with Crippen molar-refractivity contribution in [1.29, 1.82) is 0 Å². The molecule has 0 heterocycles. The lowest BCUT2D eigenvalue weighted by Crippen LogP contribution is -2.37. The second-order valence-corrected chi connectivity index (χ2v) is 12.9. The maximum Gasteiger partial charge on any atom is 0.341 e. The number of hydrogen-bond acceptors (Lipinski definition) is 10. The molecule has 0 aliphatic rings. The van der Waals surface area contributed by atoms with E-state index in [9.17, 15) is 9.59 Å². The molecule has 0 aliphatic heterocycles. The fourth-order valence-corrected chi connectivity index (χ4v) is 6.01. The van der Waals surface area contributed by atoms with Crippen LogP contribution < -0.4 is 31.4 Å². The highest BCUT2D eigenvalue weighted by molar-refractivity contribution is 14.2. The normalized spacial score (nSPS) is 12.1. The van der Waals surface area contributed by atoms with Crippen LogP contribution in [0.1, 0.15) is 67.5 Å². The number of hydrogen-bond donors (Lipinski definition) is 3. The first kappa shape index (κ1) is 38.6. The molecule has 12 heteroatoms. The number of esters is 1. The number of likely N-dealkylation sites (N-methyl/N-ethyl adjacent to an activating group) is 1. The molecule has 4 aromatic rings. The zero-order chi connectivity index (χ0) is 36.0. The second-order valence-electron chi connectivity index (χ2n) is 11.5. The van der Waals surface area contributed by atoms with Crippen LogP contribution in [0.2, 0.25) is 0 Å². The van der Waals surface area contributed by atoms with E-state index >= 15 is 0 Å². The fourth-order valence-electron chi connectivity index (χ4n) is 5.13. The van der Waals surface area contributed by atoms with Crippen LogP contribution in [0, 0.1) is 0 Å². The second kappa shape index (κ2) is 19.2. The van der Waals surface area contributed by atoms with Crippen molar-refractivity contribution in [2.45, 2.75) is 52.9 Å². The van der Waals surface area contributed by atoms with Crippen LogP contribution in [0.4, 0.5) is 5.69 Å². The van der Waals surface area contributed by atoms with Gasteiger partial charge in [0.15, 0.2) is 6.10 Å². The molecule has 50 heavy (non-hydrogen) atoms. The van der Waals surface area contributed by atoms with Gasteiger partial charge in [-0.15, -0.1) is 0 Å². The largest absolute Gasteiger partial charge is 0.488 e. The zero-order valence-corrected chi connectivity index (χ0v) is 31.5. The van der Waals surface area contributed by atoms with Crippen LogP contribution in [0.5, 0.6) is 11.5 Å². The standard InChI is InChI=1S/C38H43IN4O6S/c1-5-42-37(44)34(40)35(28-17-19-29(20-18-28)36(49-50-39)38(45)46-6-2)43(41)31-21-30(25(3)4)32(47-23-26-13-9-7-10-14-26)22-33(31)48-24-27-15-11-8-12-16-27/h7-22,25,36H,5-6,23-24,40-41H2,1-4H3,(H,42,44)/b35-34-. The molecule has 0 aromatic heterocycles. The summed E-state index contributed by atoms with van der Waals surface area (Å²) >= 11 is 1.95. The number of ether oxygens (including phenoxy) is 3. The highest BCUT2D eigenvalue weighted by Crippen LogP contribution is 2.41. The summed E-state index contributed by atoms with van der Waals surface area (Å²) in [6, 6.07) is 30.3. The molecular weight excluding hydrogens is 767 g/mol. The van der Waals surface area contributed by atoms with Gasteiger partial charge in [-0.1, -0.05) is 98.8 Å². The number of anilines is 1. The molecule has 0 bridgehead atoms. The van der Waals surface area contributed by atoms with E-state index < -0.39 is 18.0 Å². The maximum absolute atomic E-state index is 13.2. The predicted octanol–water partition coefficient (Wildman–Crippen LogP) is 7.73. The Balaban J connectivity index is 1.83. The summed E-state index contributed by atoms with van der Waals surface area (Å²) in [6.07, 6.45) is -0.955. The minimum atomic E-state index is -0.955. The summed E-state index contributed by atoms with van der Waals surface area (Å²) in [5.74, 6) is 7.09. The van der Waals surface area contributed by atoms with Crippen LogP contribution >= 0.6 is 30.4 Å². The van der Waals surface area contributed by atoms with Crippen molar-refractivity contribution in [2.75, 3.05) is 18.2 Å². The highest BCUT2D eigenvalue weighted by atomic mass is 127. The summed E-state index contributed by atoms with van der Waals surface area (Å²) in [4.78, 5) is 25.9. The van der Waals surface area contributed by atoms with E-state index in [2.05, 4.69) is 19.2 Å². The van der Waals surface area contributed by atoms with Crippen LogP contribution in [0.25, 0.3) is 5.70 Å². The first-order chi connectivity index (χ1) is 24.2. The topological polar surface area (TPSA) is 138 Å². The van der Waals surface area contributed by atoms with E-state index in [0.717, 1.165) is 25.9 Å². The van der Waals surface area contributed by atoms with Gasteiger partial charge in [-0.2, -0.15) is 0 Å². The molecule has 0 saturated heterocycles. The average Bonchev–Trinajstić information content (AvgIpc) is 3.13. The summed E-state index contributed by atoms with van der Waals surface area (Å²) in [5.41, 5.74) is 11.1. The van der Waals surface area contributed by atoms with Crippen LogP contribution in [-0.4, -0.2) is 25.0 Å². The molecule has 10 nitrogen and oxygen atoms in total. The Hall–Kier alpha value is -4.24. The Bertz CT molecular complexity index is 1740. The van der Waals surface area contributed by atoms with Gasteiger partial charge in [-0.3, -0.25) is 14.0 Å². The quantitative estimate of drug-likeness (QED) is 0.0243. The zero-order valence-electron chi connectivity index (χ0n) is 28.6. The number of nitrogens with zero attached hydrogens (tertiary/aromatic N) is 1. The van der Waals surface area contributed by atoms with Crippen molar-refractivity contribution in [1.82, 2.24) is 5.32 Å². The Morgan fingerprint density at radius 2 is 1.44 bits per heavy atom. The van der Waals surface area contributed by atoms with Crippen LogP contribution in [-0.2, 0) is 31.7 Å². The van der Waals surface area contributed by atoms with Crippen molar-refractivity contribution in [3.05, 3.63) is 131 Å². The molecular formula is C38H43IN4O6S. The van der Waals surface area contributed by atoms with Crippen LogP contribution in [0.15, 0.2) is 103 Å². The number of hydrazine groups is 1. The van der Waals surface area contributed by atoms with Crippen molar-refractivity contribution in [2.24, 2.45) is 11.6 Å². The molecule has 5 N–H and O–H groups in total. The van der Waals surface area contributed by atoms with Crippen molar-refractivity contribution < 1.29 is 28.0 Å². The van der Waals surface area contributed by atoms with Gasteiger partial charge < -0.3 is 25.3 Å². The monoisotopic (exact) mass is 810 g/mol. The molecule has 1 atom stereocenters. The number of amides is 1. The Morgan fingerprint density at radius 3 is 1.96 bits per heavy atom. The van der Waals surface area contributed by atoms with Gasteiger partial charge >= 0.3 is 5.97 Å². The minimum absolute atomic E-state index is 0.0409. The first-order valence-corrected chi connectivity index (χ1v) is 19.5. The van der Waals surface area contributed by atoms with Gasteiger partial charge in [-0.05, 0) is 48.1 Å². The molecule has 0 spiro atoms. The lowest BCUT2D eigenvalue weighted by atomic mass is 9.99. The van der Waals surface area contributed by atoms with Gasteiger partial charge in [0.05, 0.1) is 21.5 Å².